The lowest BCUT2D eigenvalue weighted by Gasteiger charge is -2.37. The predicted molar refractivity (Wildman–Crippen MR) is 75.0 cm³/mol. The van der Waals surface area contributed by atoms with E-state index in [-0.39, 0.29) is 0 Å². The maximum Gasteiger partial charge on any atom is 0.0246 e. The van der Waals surface area contributed by atoms with Gasteiger partial charge in [0.1, 0.15) is 0 Å². The first-order valence-electron chi connectivity index (χ1n) is 6.65. The van der Waals surface area contributed by atoms with Crippen LogP contribution in [0.15, 0.2) is 0 Å². The zero-order valence-corrected chi connectivity index (χ0v) is 11.9. The van der Waals surface area contributed by atoms with Crippen molar-refractivity contribution in [2.45, 2.75) is 51.1 Å². The van der Waals surface area contributed by atoms with Gasteiger partial charge in [0.2, 0.25) is 0 Å². The average Bonchev–Trinajstić information content (AvgIpc) is 2.80. The molecule has 0 aromatic rings. The van der Waals surface area contributed by atoms with Crippen LogP contribution in [-0.2, 0) is 0 Å². The van der Waals surface area contributed by atoms with Crippen LogP contribution in [0.3, 0.4) is 0 Å². The highest BCUT2D eigenvalue weighted by Gasteiger charge is 2.29. The largest absolute Gasteiger partial charge is 0.329 e. The number of nitrogens with zero attached hydrogens (tertiary/aromatic N) is 1. The molecule has 0 aliphatic heterocycles. The Morgan fingerprint density at radius 2 is 2.00 bits per heavy atom. The van der Waals surface area contributed by atoms with Gasteiger partial charge in [-0.15, -0.1) is 0 Å². The van der Waals surface area contributed by atoms with Crippen LogP contribution in [-0.4, -0.2) is 42.6 Å². The van der Waals surface area contributed by atoms with Crippen molar-refractivity contribution in [1.29, 1.82) is 0 Å². The molecule has 1 aliphatic rings. The maximum absolute atomic E-state index is 5.99. The first-order chi connectivity index (χ1) is 7.74. The SMILES string of the molecule is CCC(CSC)N(C)C(CN)C1CCCC1. The third-order valence-electron chi connectivity index (χ3n) is 4.11. The molecule has 2 atom stereocenters. The van der Waals surface area contributed by atoms with Gasteiger partial charge in [-0.25, -0.2) is 0 Å². The number of hydrogen-bond donors (Lipinski definition) is 1. The minimum absolute atomic E-state index is 0.611. The fourth-order valence-electron chi connectivity index (χ4n) is 3.02. The Kier molecular flexibility index (Phi) is 6.78. The minimum atomic E-state index is 0.611. The van der Waals surface area contributed by atoms with Gasteiger partial charge in [0.05, 0.1) is 0 Å². The molecule has 0 saturated heterocycles. The Hall–Kier alpha value is 0.270. The van der Waals surface area contributed by atoms with Crippen molar-refractivity contribution in [2.75, 3.05) is 25.6 Å². The second kappa shape index (κ2) is 7.57. The lowest BCUT2D eigenvalue weighted by molar-refractivity contribution is 0.137. The zero-order chi connectivity index (χ0) is 12.0. The molecule has 0 radical (unpaired) electrons. The fraction of sp³-hybridized carbons (Fsp3) is 1.00. The van der Waals surface area contributed by atoms with Crippen LogP contribution in [0.2, 0.25) is 0 Å². The van der Waals surface area contributed by atoms with E-state index in [1.54, 1.807) is 0 Å². The summed E-state index contributed by atoms with van der Waals surface area (Å²) in [7, 11) is 2.28. The molecule has 96 valence electrons. The molecule has 0 amide bonds. The van der Waals surface area contributed by atoms with Crippen LogP contribution in [0, 0.1) is 5.92 Å². The summed E-state index contributed by atoms with van der Waals surface area (Å²) in [6.45, 7) is 3.12. The van der Waals surface area contributed by atoms with Crippen molar-refractivity contribution in [3.05, 3.63) is 0 Å². The molecule has 1 aliphatic carbocycles. The van der Waals surface area contributed by atoms with Crippen molar-refractivity contribution in [3.8, 4) is 0 Å². The Morgan fingerprint density at radius 3 is 2.44 bits per heavy atom. The third kappa shape index (κ3) is 3.64. The Balaban J connectivity index is 2.55. The number of likely N-dealkylation sites (N-methyl/N-ethyl adjacent to an activating group) is 1. The van der Waals surface area contributed by atoms with Crippen LogP contribution in [0.4, 0.5) is 0 Å². The van der Waals surface area contributed by atoms with E-state index >= 15 is 0 Å². The molecule has 1 fully saturated rings. The van der Waals surface area contributed by atoms with Gasteiger partial charge in [0, 0.05) is 24.4 Å². The Bertz CT molecular complexity index is 181. The molecule has 2 nitrogen and oxygen atoms in total. The van der Waals surface area contributed by atoms with Crippen molar-refractivity contribution in [3.63, 3.8) is 0 Å². The van der Waals surface area contributed by atoms with E-state index in [9.17, 15) is 0 Å². The zero-order valence-electron chi connectivity index (χ0n) is 11.1. The van der Waals surface area contributed by atoms with Gasteiger partial charge in [-0.2, -0.15) is 11.8 Å². The monoisotopic (exact) mass is 244 g/mol. The number of rotatable bonds is 7. The smallest absolute Gasteiger partial charge is 0.0246 e. The van der Waals surface area contributed by atoms with E-state index in [0.717, 1.165) is 12.5 Å². The highest BCUT2D eigenvalue weighted by molar-refractivity contribution is 7.98. The molecule has 0 heterocycles. The Morgan fingerprint density at radius 1 is 1.38 bits per heavy atom. The minimum Gasteiger partial charge on any atom is -0.329 e. The van der Waals surface area contributed by atoms with Gasteiger partial charge in [-0.3, -0.25) is 4.90 Å². The second-order valence-corrected chi connectivity index (χ2v) is 5.94. The summed E-state index contributed by atoms with van der Waals surface area (Å²) in [6.07, 6.45) is 9.04. The van der Waals surface area contributed by atoms with Crippen molar-refractivity contribution < 1.29 is 0 Å². The molecule has 0 aromatic heterocycles. The normalized spacial score (nSPS) is 21.6. The van der Waals surface area contributed by atoms with Gasteiger partial charge in [0.25, 0.3) is 0 Å². The predicted octanol–water partition coefficient (Wildman–Crippen LogP) is 2.58. The summed E-state index contributed by atoms with van der Waals surface area (Å²) in [5.41, 5.74) is 5.99. The van der Waals surface area contributed by atoms with Gasteiger partial charge in [-0.1, -0.05) is 19.8 Å². The van der Waals surface area contributed by atoms with Crippen LogP contribution < -0.4 is 5.73 Å². The summed E-state index contributed by atoms with van der Waals surface area (Å²) in [6, 6.07) is 1.31. The standard InChI is InChI=1S/C13H28N2S/c1-4-12(10-16-3)15(2)13(9-14)11-7-5-6-8-11/h11-13H,4-10,14H2,1-3H3. The molecule has 3 heteroatoms. The number of thioether (sulfide) groups is 1. The number of nitrogens with two attached hydrogens (primary N) is 1. The number of hydrogen-bond acceptors (Lipinski definition) is 3. The van der Waals surface area contributed by atoms with E-state index in [0.29, 0.717) is 12.1 Å². The molecule has 2 unspecified atom stereocenters. The summed E-state index contributed by atoms with van der Waals surface area (Å²) >= 11 is 1.95. The summed E-state index contributed by atoms with van der Waals surface area (Å²) in [5, 5.41) is 0. The molecular weight excluding hydrogens is 216 g/mol. The fourth-order valence-corrected chi connectivity index (χ4v) is 3.88. The molecular formula is C13H28N2S. The van der Waals surface area contributed by atoms with E-state index in [4.69, 9.17) is 5.73 Å². The van der Waals surface area contributed by atoms with Crippen LogP contribution in [0.5, 0.6) is 0 Å². The first kappa shape index (κ1) is 14.3. The van der Waals surface area contributed by atoms with Gasteiger partial charge in [-0.05, 0) is 38.5 Å². The van der Waals surface area contributed by atoms with Gasteiger partial charge >= 0.3 is 0 Å². The van der Waals surface area contributed by atoms with E-state index in [1.807, 2.05) is 11.8 Å². The molecule has 0 aromatic carbocycles. The highest BCUT2D eigenvalue weighted by atomic mass is 32.2. The van der Waals surface area contributed by atoms with E-state index < -0.39 is 0 Å². The molecule has 0 spiro atoms. The topological polar surface area (TPSA) is 29.3 Å². The summed E-state index contributed by atoms with van der Waals surface area (Å²) in [4.78, 5) is 2.56. The van der Waals surface area contributed by atoms with Crippen molar-refractivity contribution in [2.24, 2.45) is 11.7 Å². The second-order valence-electron chi connectivity index (χ2n) is 5.03. The van der Waals surface area contributed by atoms with E-state index in [1.165, 1.54) is 37.9 Å². The van der Waals surface area contributed by atoms with Crippen molar-refractivity contribution >= 4 is 11.8 Å². The highest BCUT2D eigenvalue weighted by Crippen LogP contribution is 2.30. The third-order valence-corrected chi connectivity index (χ3v) is 4.83. The quantitative estimate of drug-likeness (QED) is 0.746. The summed E-state index contributed by atoms with van der Waals surface area (Å²) < 4.78 is 0. The van der Waals surface area contributed by atoms with Crippen LogP contribution in [0.25, 0.3) is 0 Å². The molecule has 2 N–H and O–H groups in total. The van der Waals surface area contributed by atoms with Gasteiger partial charge < -0.3 is 5.73 Å². The van der Waals surface area contributed by atoms with Crippen molar-refractivity contribution in [1.82, 2.24) is 4.90 Å². The molecule has 0 bridgehead atoms. The lowest BCUT2D eigenvalue weighted by Crippen LogP contribution is -2.48. The van der Waals surface area contributed by atoms with E-state index in [2.05, 4.69) is 25.1 Å². The van der Waals surface area contributed by atoms with Crippen LogP contribution in [0.1, 0.15) is 39.0 Å². The van der Waals surface area contributed by atoms with Gasteiger partial charge in [0.15, 0.2) is 0 Å². The molecule has 16 heavy (non-hydrogen) atoms. The molecule has 1 saturated carbocycles. The maximum atomic E-state index is 5.99. The molecule has 1 rings (SSSR count). The Labute approximate surface area is 105 Å². The average molecular weight is 244 g/mol. The van der Waals surface area contributed by atoms with Crippen LogP contribution >= 0.6 is 11.8 Å². The summed E-state index contributed by atoms with van der Waals surface area (Å²) in [5.74, 6) is 2.09. The lowest BCUT2D eigenvalue weighted by atomic mass is 9.95. The first-order valence-corrected chi connectivity index (χ1v) is 8.04.